The van der Waals surface area contributed by atoms with Crippen LogP contribution in [0.4, 0.5) is 0 Å². The Balaban J connectivity index is 3.11. The summed E-state index contributed by atoms with van der Waals surface area (Å²) in [5, 5.41) is 0. The molecular weight excluding hydrogens is 251 g/mol. The molecule has 1 aromatic rings. The second-order valence-electron chi connectivity index (χ2n) is 2.86. The van der Waals surface area contributed by atoms with Gasteiger partial charge in [0.05, 0.1) is 0 Å². The first-order valence-corrected chi connectivity index (χ1v) is 5.25. The average molecular weight is 262 g/mol. The molecule has 0 amide bonds. The smallest absolute Gasteiger partial charge is 0.152 e. The van der Waals surface area contributed by atoms with E-state index in [0.717, 1.165) is 5.56 Å². The fraction of sp³-hybridized carbons (Fsp3) is 0.300. The van der Waals surface area contributed by atoms with Gasteiger partial charge in [-0.05, 0) is 12.5 Å². The van der Waals surface area contributed by atoms with Crippen molar-refractivity contribution in [2.45, 2.75) is 11.2 Å². The lowest BCUT2D eigenvalue weighted by Gasteiger charge is -2.21. The normalized spacial score (nSPS) is 15.0. The van der Waals surface area contributed by atoms with Gasteiger partial charge in [-0.25, -0.2) is 0 Å². The molecule has 0 bridgehead atoms. The lowest BCUT2D eigenvalue weighted by Crippen LogP contribution is -2.28. The Bertz CT molecular complexity index is 299. The van der Waals surface area contributed by atoms with Crippen molar-refractivity contribution < 1.29 is 4.79 Å². The van der Waals surface area contributed by atoms with Crippen LogP contribution in [0, 0.1) is 0 Å². The molecule has 0 radical (unpaired) electrons. The Labute approximate surface area is 91.2 Å². The molecule has 0 saturated carbocycles. The SMILES string of the molecule is CC(=O)[C@@](Br)(CCl)c1ccccc1. The van der Waals surface area contributed by atoms with Gasteiger partial charge in [0.1, 0.15) is 4.32 Å². The topological polar surface area (TPSA) is 17.1 Å². The highest BCUT2D eigenvalue weighted by Gasteiger charge is 2.32. The zero-order chi connectivity index (χ0) is 9.90. The van der Waals surface area contributed by atoms with Gasteiger partial charge >= 0.3 is 0 Å². The first-order valence-electron chi connectivity index (χ1n) is 3.92. The van der Waals surface area contributed by atoms with Crippen LogP contribution in [-0.4, -0.2) is 11.7 Å². The highest BCUT2D eigenvalue weighted by Crippen LogP contribution is 2.33. The first kappa shape index (κ1) is 10.7. The molecule has 0 aromatic heterocycles. The van der Waals surface area contributed by atoms with Gasteiger partial charge in [0.25, 0.3) is 0 Å². The maximum absolute atomic E-state index is 11.4. The van der Waals surface area contributed by atoms with Crippen LogP contribution in [0.15, 0.2) is 30.3 Å². The van der Waals surface area contributed by atoms with Crippen molar-refractivity contribution in [2.24, 2.45) is 0 Å². The Morgan fingerprint density at radius 1 is 1.46 bits per heavy atom. The van der Waals surface area contributed by atoms with E-state index in [1.165, 1.54) is 6.92 Å². The summed E-state index contributed by atoms with van der Waals surface area (Å²) in [6.45, 7) is 1.53. The molecule has 0 aliphatic heterocycles. The maximum Gasteiger partial charge on any atom is 0.152 e. The first-order chi connectivity index (χ1) is 6.11. The van der Waals surface area contributed by atoms with Crippen LogP contribution in [0.2, 0.25) is 0 Å². The zero-order valence-electron chi connectivity index (χ0n) is 7.26. The van der Waals surface area contributed by atoms with E-state index in [9.17, 15) is 4.79 Å². The van der Waals surface area contributed by atoms with E-state index < -0.39 is 4.32 Å². The summed E-state index contributed by atoms with van der Waals surface area (Å²) >= 11 is 9.15. The number of alkyl halides is 2. The minimum atomic E-state index is -0.726. The van der Waals surface area contributed by atoms with Crippen LogP contribution in [0.5, 0.6) is 0 Å². The van der Waals surface area contributed by atoms with Gasteiger partial charge in [-0.2, -0.15) is 0 Å². The van der Waals surface area contributed by atoms with Crippen molar-refractivity contribution in [1.82, 2.24) is 0 Å². The Kier molecular flexibility index (Phi) is 3.51. The van der Waals surface area contributed by atoms with Gasteiger partial charge in [-0.3, -0.25) is 4.79 Å². The molecule has 1 atom stereocenters. The molecule has 1 aromatic carbocycles. The van der Waals surface area contributed by atoms with Gasteiger partial charge in [-0.15, -0.1) is 11.6 Å². The molecule has 0 aliphatic carbocycles. The number of hydrogen-bond donors (Lipinski definition) is 0. The molecule has 0 fully saturated rings. The summed E-state index contributed by atoms with van der Waals surface area (Å²) in [6.07, 6.45) is 0. The fourth-order valence-corrected chi connectivity index (χ4v) is 1.68. The van der Waals surface area contributed by atoms with Crippen molar-refractivity contribution in [3.05, 3.63) is 35.9 Å². The van der Waals surface area contributed by atoms with E-state index >= 15 is 0 Å². The van der Waals surface area contributed by atoms with Gasteiger partial charge in [0.2, 0.25) is 0 Å². The van der Waals surface area contributed by atoms with Crippen LogP contribution in [0.1, 0.15) is 12.5 Å². The van der Waals surface area contributed by atoms with E-state index in [4.69, 9.17) is 11.6 Å². The van der Waals surface area contributed by atoms with Gasteiger partial charge in [0.15, 0.2) is 5.78 Å². The largest absolute Gasteiger partial charge is 0.298 e. The minimum absolute atomic E-state index is 0.0219. The third kappa shape index (κ3) is 2.12. The molecule has 1 rings (SSSR count). The summed E-state index contributed by atoms with van der Waals surface area (Å²) in [4.78, 5) is 11.4. The summed E-state index contributed by atoms with van der Waals surface area (Å²) in [5.41, 5.74) is 0.900. The minimum Gasteiger partial charge on any atom is -0.298 e. The predicted octanol–water partition coefficient (Wildman–Crippen LogP) is 3.10. The average Bonchev–Trinajstić information content (AvgIpc) is 2.17. The Morgan fingerprint density at radius 2 is 2.00 bits per heavy atom. The van der Waals surface area contributed by atoms with Gasteiger partial charge < -0.3 is 0 Å². The summed E-state index contributed by atoms with van der Waals surface area (Å²) < 4.78 is -0.726. The fourth-order valence-electron chi connectivity index (χ4n) is 1.08. The summed E-state index contributed by atoms with van der Waals surface area (Å²) in [7, 11) is 0. The molecule has 3 heteroatoms. The zero-order valence-corrected chi connectivity index (χ0v) is 9.60. The number of carbonyl (C=O) groups is 1. The van der Waals surface area contributed by atoms with Gasteiger partial charge in [-0.1, -0.05) is 46.3 Å². The number of benzene rings is 1. The number of Topliss-reactive ketones (excluding diaryl/α,β-unsaturated/α-hetero) is 1. The lowest BCUT2D eigenvalue weighted by molar-refractivity contribution is -0.118. The van der Waals surface area contributed by atoms with Crippen LogP contribution in [0.3, 0.4) is 0 Å². The number of rotatable bonds is 3. The molecule has 13 heavy (non-hydrogen) atoms. The van der Waals surface area contributed by atoms with Crippen LogP contribution in [0.25, 0.3) is 0 Å². The molecular formula is C10H10BrClO. The summed E-state index contributed by atoms with van der Waals surface area (Å²) in [5.74, 6) is 0.264. The van der Waals surface area contributed by atoms with Crippen molar-refractivity contribution in [3.63, 3.8) is 0 Å². The second kappa shape index (κ2) is 4.25. The molecule has 0 spiro atoms. The number of halogens is 2. The molecule has 0 saturated heterocycles. The van der Waals surface area contributed by atoms with Crippen LogP contribution >= 0.6 is 27.5 Å². The van der Waals surface area contributed by atoms with E-state index in [1.54, 1.807) is 0 Å². The highest BCUT2D eigenvalue weighted by atomic mass is 79.9. The van der Waals surface area contributed by atoms with Crippen molar-refractivity contribution >= 4 is 33.3 Å². The quantitative estimate of drug-likeness (QED) is 0.764. The number of carbonyl (C=O) groups excluding carboxylic acids is 1. The second-order valence-corrected chi connectivity index (χ2v) is 4.48. The lowest BCUT2D eigenvalue weighted by atomic mass is 9.97. The molecule has 70 valence electrons. The Hall–Kier alpha value is -0.340. The van der Waals surface area contributed by atoms with Crippen molar-refractivity contribution in [3.8, 4) is 0 Å². The molecule has 1 nitrogen and oxygen atoms in total. The predicted molar refractivity (Wildman–Crippen MR) is 58.4 cm³/mol. The van der Waals surface area contributed by atoms with Crippen LogP contribution in [-0.2, 0) is 9.12 Å². The monoisotopic (exact) mass is 260 g/mol. The molecule has 0 aliphatic rings. The van der Waals surface area contributed by atoms with Gasteiger partial charge in [0, 0.05) is 5.88 Å². The van der Waals surface area contributed by atoms with E-state index in [0.29, 0.717) is 0 Å². The molecule has 0 heterocycles. The standard InChI is InChI=1S/C10H10BrClO/c1-8(13)10(11,7-12)9-5-3-2-4-6-9/h2-6H,7H2,1H3/t10-/m0/s1. The Morgan fingerprint density at radius 3 is 2.38 bits per heavy atom. The third-order valence-corrected chi connectivity index (χ3v) is 3.99. The number of ketones is 1. The molecule has 0 unspecified atom stereocenters. The summed E-state index contributed by atoms with van der Waals surface area (Å²) in [6, 6.07) is 9.46. The van der Waals surface area contributed by atoms with Crippen LogP contribution < -0.4 is 0 Å². The highest BCUT2D eigenvalue weighted by molar-refractivity contribution is 9.10. The third-order valence-electron chi connectivity index (χ3n) is 1.97. The maximum atomic E-state index is 11.4. The van der Waals surface area contributed by atoms with E-state index in [2.05, 4.69) is 15.9 Å². The van der Waals surface area contributed by atoms with E-state index in [-0.39, 0.29) is 11.7 Å². The molecule has 0 N–H and O–H groups in total. The van der Waals surface area contributed by atoms with Crippen molar-refractivity contribution in [1.29, 1.82) is 0 Å². The number of hydrogen-bond acceptors (Lipinski definition) is 1. The van der Waals surface area contributed by atoms with Crippen molar-refractivity contribution in [2.75, 3.05) is 5.88 Å². The van der Waals surface area contributed by atoms with E-state index in [1.807, 2.05) is 30.3 Å².